The number of amides is 2. The zero-order valence-corrected chi connectivity index (χ0v) is 24.8. The van der Waals surface area contributed by atoms with E-state index < -0.39 is 5.60 Å². The lowest BCUT2D eigenvalue weighted by Gasteiger charge is -2.42. The molecule has 2 aromatic heterocycles. The summed E-state index contributed by atoms with van der Waals surface area (Å²) in [6.07, 6.45) is 1.97. The Morgan fingerprint density at radius 3 is 2.52 bits per heavy atom. The molecule has 3 unspecified atom stereocenters. The van der Waals surface area contributed by atoms with Crippen LogP contribution in [0, 0.1) is 19.7 Å². The van der Waals surface area contributed by atoms with Crippen LogP contribution in [0.3, 0.4) is 0 Å². The van der Waals surface area contributed by atoms with Crippen molar-refractivity contribution in [3.63, 3.8) is 0 Å². The van der Waals surface area contributed by atoms with Crippen molar-refractivity contribution in [1.29, 1.82) is 0 Å². The van der Waals surface area contributed by atoms with Crippen LogP contribution in [0.5, 0.6) is 0 Å². The number of aromatic nitrogens is 1. The number of thiophene rings is 1. The first kappa shape index (κ1) is 28.1. The molecule has 5 rings (SSSR count). The number of pyridine rings is 1. The van der Waals surface area contributed by atoms with E-state index >= 15 is 4.39 Å². The number of fused-ring (bicyclic) bond motifs is 3. The number of aryl methyl sites for hydroxylation is 2. The van der Waals surface area contributed by atoms with E-state index in [9.17, 15) is 9.59 Å². The van der Waals surface area contributed by atoms with Gasteiger partial charge in [0.1, 0.15) is 21.1 Å². The van der Waals surface area contributed by atoms with Gasteiger partial charge in [0.25, 0.3) is 5.91 Å². The molecule has 2 bridgehead atoms. The number of hydrogen-bond donors (Lipinski definition) is 2. The number of anilines is 2. The van der Waals surface area contributed by atoms with Gasteiger partial charge in [0.05, 0.1) is 23.5 Å². The van der Waals surface area contributed by atoms with Crippen LogP contribution in [0.2, 0.25) is 0 Å². The van der Waals surface area contributed by atoms with Crippen LogP contribution in [0.25, 0.3) is 10.2 Å². The van der Waals surface area contributed by atoms with Crippen LogP contribution in [0.15, 0.2) is 24.3 Å². The summed E-state index contributed by atoms with van der Waals surface area (Å²) in [6, 6.07) is 7.01. The van der Waals surface area contributed by atoms with Gasteiger partial charge in [-0.25, -0.2) is 14.2 Å². The second kappa shape index (κ2) is 10.5. The minimum atomic E-state index is -0.551. The minimum Gasteiger partial charge on any atom is -0.444 e. The lowest BCUT2D eigenvalue weighted by atomic mass is 9.99. The third-order valence-electron chi connectivity index (χ3n) is 7.68. The molecule has 2 saturated heterocycles. The van der Waals surface area contributed by atoms with Crippen LogP contribution < -0.4 is 16.0 Å². The summed E-state index contributed by atoms with van der Waals surface area (Å²) < 4.78 is 21.1. The molecule has 2 aliphatic rings. The Morgan fingerprint density at radius 1 is 1.20 bits per heavy atom. The van der Waals surface area contributed by atoms with Crippen molar-refractivity contribution < 1.29 is 18.7 Å². The fourth-order valence-corrected chi connectivity index (χ4v) is 6.85. The predicted molar refractivity (Wildman–Crippen MR) is 158 cm³/mol. The van der Waals surface area contributed by atoms with Crippen LogP contribution in [-0.2, 0) is 11.2 Å². The van der Waals surface area contributed by atoms with E-state index in [1.165, 1.54) is 11.3 Å². The van der Waals surface area contributed by atoms with E-state index in [0.29, 0.717) is 35.8 Å². The highest BCUT2D eigenvalue weighted by molar-refractivity contribution is 7.21. The van der Waals surface area contributed by atoms with Crippen molar-refractivity contribution in [2.24, 2.45) is 0 Å². The van der Waals surface area contributed by atoms with Crippen molar-refractivity contribution >= 4 is 44.9 Å². The molecule has 1 aromatic carbocycles. The molecule has 40 heavy (non-hydrogen) atoms. The van der Waals surface area contributed by atoms with Gasteiger partial charge in [-0.05, 0) is 96.2 Å². The number of carbonyl (C=O) groups excluding carboxylic acids is 2. The van der Waals surface area contributed by atoms with Crippen LogP contribution in [-0.4, -0.2) is 58.7 Å². The average molecular weight is 568 g/mol. The standard InChI is InChI=1S/C30H38FN5O3S/c1-16-11-24(35-14-20-8-9-21(15-35)36(20)29(38)39-30(4,5)6)23(31)13-19(16)12-18(3)33-27(37)26-25(32)22-10-7-17(2)34-28(22)40-26/h7,10-11,13,18,20-21H,8-9,12,14-15,32H2,1-6H3,(H,33,37). The number of ether oxygens (including phenoxy) is 1. The molecule has 2 aliphatic heterocycles. The van der Waals surface area contributed by atoms with Gasteiger partial charge in [-0.2, -0.15) is 0 Å². The number of carbonyl (C=O) groups is 2. The van der Waals surface area contributed by atoms with Gasteiger partial charge in [0.15, 0.2) is 0 Å². The van der Waals surface area contributed by atoms with E-state index in [-0.39, 0.29) is 35.9 Å². The summed E-state index contributed by atoms with van der Waals surface area (Å²) in [4.78, 5) is 35.4. The Bertz CT molecular complexity index is 1450. The molecule has 0 aliphatic carbocycles. The van der Waals surface area contributed by atoms with Crippen LogP contribution in [0.1, 0.15) is 67.0 Å². The lowest BCUT2D eigenvalue weighted by molar-refractivity contribution is 0.0123. The van der Waals surface area contributed by atoms with E-state index in [2.05, 4.69) is 15.2 Å². The molecule has 214 valence electrons. The molecular formula is C30H38FN5O3S. The fourth-order valence-electron chi connectivity index (χ4n) is 5.81. The highest BCUT2D eigenvalue weighted by Gasteiger charge is 2.44. The molecule has 3 aromatic rings. The number of hydrogen-bond acceptors (Lipinski definition) is 7. The first-order chi connectivity index (χ1) is 18.8. The molecule has 2 fully saturated rings. The number of benzene rings is 1. The van der Waals surface area contributed by atoms with Crippen molar-refractivity contribution in [3.05, 3.63) is 51.8 Å². The van der Waals surface area contributed by atoms with Crippen LogP contribution in [0.4, 0.5) is 20.6 Å². The molecule has 2 amide bonds. The fraction of sp³-hybridized carbons (Fsp3) is 0.500. The zero-order valence-electron chi connectivity index (χ0n) is 24.0. The number of nitrogens with one attached hydrogen (secondary N) is 1. The molecule has 4 heterocycles. The Balaban J connectivity index is 1.25. The first-order valence-corrected chi connectivity index (χ1v) is 14.6. The molecule has 0 radical (unpaired) electrons. The lowest BCUT2D eigenvalue weighted by Crippen LogP contribution is -2.57. The van der Waals surface area contributed by atoms with Gasteiger partial charge >= 0.3 is 6.09 Å². The van der Waals surface area contributed by atoms with E-state index in [0.717, 1.165) is 39.9 Å². The maximum absolute atomic E-state index is 15.5. The van der Waals surface area contributed by atoms with Crippen molar-refractivity contribution in [2.75, 3.05) is 23.7 Å². The normalized spacial score (nSPS) is 19.7. The Kier molecular flexibility index (Phi) is 7.41. The Labute approximate surface area is 238 Å². The average Bonchev–Trinajstić information content (AvgIpc) is 3.32. The van der Waals surface area contributed by atoms with Gasteiger partial charge in [0, 0.05) is 30.2 Å². The van der Waals surface area contributed by atoms with Crippen molar-refractivity contribution in [1.82, 2.24) is 15.2 Å². The maximum Gasteiger partial charge on any atom is 0.410 e. The second-order valence-electron chi connectivity index (χ2n) is 12.1. The number of piperazine rings is 1. The number of nitrogen functional groups attached to an aromatic ring is 1. The predicted octanol–water partition coefficient (Wildman–Crippen LogP) is 5.58. The topological polar surface area (TPSA) is 101 Å². The highest BCUT2D eigenvalue weighted by Crippen LogP contribution is 2.36. The third kappa shape index (κ3) is 5.59. The molecule has 0 saturated carbocycles. The van der Waals surface area contributed by atoms with Gasteiger partial charge in [-0.3, -0.25) is 9.69 Å². The monoisotopic (exact) mass is 567 g/mol. The van der Waals surface area contributed by atoms with Gasteiger partial charge in [0.2, 0.25) is 0 Å². The van der Waals surface area contributed by atoms with E-state index in [1.54, 1.807) is 6.07 Å². The van der Waals surface area contributed by atoms with Gasteiger partial charge in [-0.15, -0.1) is 11.3 Å². The zero-order chi connectivity index (χ0) is 28.9. The largest absolute Gasteiger partial charge is 0.444 e. The first-order valence-electron chi connectivity index (χ1n) is 13.8. The number of halogens is 1. The highest BCUT2D eigenvalue weighted by atomic mass is 32.1. The minimum absolute atomic E-state index is 0.00340. The molecule has 3 atom stereocenters. The van der Waals surface area contributed by atoms with Crippen molar-refractivity contribution in [2.45, 2.75) is 84.5 Å². The van der Waals surface area contributed by atoms with E-state index in [1.807, 2.05) is 64.6 Å². The Morgan fingerprint density at radius 2 is 1.88 bits per heavy atom. The summed E-state index contributed by atoms with van der Waals surface area (Å²) in [6.45, 7) is 12.5. The number of nitrogens with two attached hydrogens (primary N) is 1. The van der Waals surface area contributed by atoms with E-state index in [4.69, 9.17) is 10.5 Å². The Hall–Kier alpha value is -3.40. The van der Waals surface area contributed by atoms with Gasteiger partial charge in [-0.1, -0.05) is 0 Å². The summed E-state index contributed by atoms with van der Waals surface area (Å²) in [5, 5.41) is 3.80. The number of rotatable bonds is 5. The molecule has 3 N–H and O–H groups in total. The SMILES string of the molecule is Cc1ccc2c(N)c(C(=O)NC(C)Cc3cc(F)c(N4CC5CCC(C4)N5C(=O)OC(C)(C)C)cc3C)sc2n1. The summed E-state index contributed by atoms with van der Waals surface area (Å²) in [7, 11) is 0. The molecular weight excluding hydrogens is 529 g/mol. The third-order valence-corrected chi connectivity index (χ3v) is 8.79. The molecule has 8 nitrogen and oxygen atoms in total. The summed E-state index contributed by atoms with van der Waals surface area (Å²) in [5.41, 5.74) is 9.36. The van der Waals surface area contributed by atoms with Crippen molar-refractivity contribution in [3.8, 4) is 0 Å². The maximum atomic E-state index is 15.5. The quantitative estimate of drug-likeness (QED) is 0.417. The van der Waals surface area contributed by atoms with Gasteiger partial charge < -0.3 is 20.7 Å². The number of nitrogens with zero attached hydrogens (tertiary/aromatic N) is 3. The summed E-state index contributed by atoms with van der Waals surface area (Å²) >= 11 is 1.28. The summed E-state index contributed by atoms with van der Waals surface area (Å²) in [5.74, 6) is -0.543. The smallest absolute Gasteiger partial charge is 0.410 e. The second-order valence-corrected chi connectivity index (χ2v) is 13.1. The molecule has 0 spiro atoms. The van der Waals surface area contributed by atoms with Crippen LogP contribution >= 0.6 is 11.3 Å². The molecule has 10 heteroatoms.